The lowest BCUT2D eigenvalue weighted by atomic mass is 10.1. The standard InChI is InChI=1S/C14H14N2OS/c15-13(18)14(17)16-12-8-4-7-11(9-12)10-5-2-1-3-6-10/h1-9,13,18H,15H2,(H,16,17). The van der Waals surface area contributed by atoms with Gasteiger partial charge in [-0.15, -0.1) is 0 Å². The van der Waals surface area contributed by atoms with Crippen LogP contribution in [-0.4, -0.2) is 11.3 Å². The number of amides is 1. The van der Waals surface area contributed by atoms with Crippen LogP contribution in [0, 0.1) is 0 Å². The van der Waals surface area contributed by atoms with E-state index in [0.29, 0.717) is 5.69 Å². The van der Waals surface area contributed by atoms with Crippen molar-refractivity contribution in [2.45, 2.75) is 5.37 Å². The van der Waals surface area contributed by atoms with Crippen molar-refractivity contribution in [1.82, 2.24) is 0 Å². The highest BCUT2D eigenvalue weighted by molar-refractivity contribution is 7.81. The molecule has 0 fully saturated rings. The van der Waals surface area contributed by atoms with E-state index in [4.69, 9.17) is 5.73 Å². The summed E-state index contributed by atoms with van der Waals surface area (Å²) in [5, 5.41) is 1.90. The molecule has 4 heteroatoms. The summed E-state index contributed by atoms with van der Waals surface area (Å²) in [6.07, 6.45) is 0. The van der Waals surface area contributed by atoms with Gasteiger partial charge in [-0.05, 0) is 23.3 Å². The highest BCUT2D eigenvalue weighted by Gasteiger charge is 2.08. The van der Waals surface area contributed by atoms with Crippen LogP contribution in [0.25, 0.3) is 11.1 Å². The summed E-state index contributed by atoms with van der Waals surface area (Å²) in [5.41, 5.74) is 8.24. The summed E-state index contributed by atoms with van der Waals surface area (Å²) in [7, 11) is 0. The number of thiol groups is 1. The van der Waals surface area contributed by atoms with E-state index in [-0.39, 0.29) is 5.91 Å². The Bertz CT molecular complexity index is 541. The van der Waals surface area contributed by atoms with Gasteiger partial charge >= 0.3 is 0 Å². The van der Waals surface area contributed by atoms with E-state index in [1.165, 1.54) is 0 Å². The van der Waals surface area contributed by atoms with Crippen LogP contribution < -0.4 is 11.1 Å². The minimum absolute atomic E-state index is 0.316. The molecule has 18 heavy (non-hydrogen) atoms. The first-order chi connectivity index (χ1) is 8.66. The van der Waals surface area contributed by atoms with E-state index in [9.17, 15) is 4.79 Å². The number of nitrogens with one attached hydrogen (secondary N) is 1. The molecule has 0 aromatic heterocycles. The molecule has 3 nitrogen and oxygen atoms in total. The fraction of sp³-hybridized carbons (Fsp3) is 0.0714. The summed E-state index contributed by atoms with van der Waals surface area (Å²) in [4.78, 5) is 11.4. The fourth-order valence-electron chi connectivity index (χ4n) is 1.62. The van der Waals surface area contributed by atoms with Crippen molar-refractivity contribution in [1.29, 1.82) is 0 Å². The maximum Gasteiger partial charge on any atom is 0.251 e. The summed E-state index contributed by atoms with van der Waals surface area (Å²) in [6.45, 7) is 0. The molecule has 2 aromatic carbocycles. The minimum Gasteiger partial charge on any atom is -0.324 e. The van der Waals surface area contributed by atoms with E-state index in [2.05, 4.69) is 17.9 Å². The van der Waals surface area contributed by atoms with Gasteiger partial charge in [0, 0.05) is 5.69 Å². The number of carbonyl (C=O) groups excluding carboxylic acids is 1. The van der Waals surface area contributed by atoms with Crippen LogP contribution in [-0.2, 0) is 4.79 Å². The minimum atomic E-state index is -0.814. The molecular formula is C14H14N2OS. The summed E-state index contributed by atoms with van der Waals surface area (Å²) >= 11 is 3.88. The number of benzene rings is 2. The third kappa shape index (κ3) is 3.12. The third-order valence-corrected chi connectivity index (χ3v) is 2.74. The van der Waals surface area contributed by atoms with Gasteiger partial charge in [0.05, 0.1) is 0 Å². The number of nitrogens with two attached hydrogens (primary N) is 1. The highest BCUT2D eigenvalue weighted by atomic mass is 32.1. The monoisotopic (exact) mass is 258 g/mol. The Labute approximate surface area is 111 Å². The zero-order valence-corrected chi connectivity index (χ0v) is 10.6. The van der Waals surface area contributed by atoms with Crippen molar-refractivity contribution in [2.24, 2.45) is 5.73 Å². The van der Waals surface area contributed by atoms with Crippen molar-refractivity contribution in [3.63, 3.8) is 0 Å². The molecule has 0 heterocycles. The van der Waals surface area contributed by atoms with E-state index < -0.39 is 5.37 Å². The first-order valence-electron chi connectivity index (χ1n) is 5.57. The number of hydrogen-bond donors (Lipinski definition) is 3. The molecule has 0 spiro atoms. The van der Waals surface area contributed by atoms with Gasteiger partial charge in [-0.1, -0.05) is 42.5 Å². The predicted octanol–water partition coefficient (Wildman–Crippen LogP) is 2.51. The molecule has 2 rings (SSSR count). The Balaban J connectivity index is 2.23. The number of carbonyl (C=O) groups is 1. The molecule has 0 bridgehead atoms. The molecule has 0 saturated heterocycles. The number of hydrogen-bond acceptors (Lipinski definition) is 3. The van der Waals surface area contributed by atoms with Crippen molar-refractivity contribution < 1.29 is 4.79 Å². The van der Waals surface area contributed by atoms with Crippen LogP contribution in [0.3, 0.4) is 0 Å². The van der Waals surface area contributed by atoms with Gasteiger partial charge in [-0.25, -0.2) is 0 Å². The normalized spacial score (nSPS) is 11.9. The second-order valence-corrected chi connectivity index (χ2v) is 4.44. The first-order valence-corrected chi connectivity index (χ1v) is 6.08. The fourth-order valence-corrected chi connectivity index (χ4v) is 1.69. The first kappa shape index (κ1) is 12.7. The van der Waals surface area contributed by atoms with Crippen LogP contribution in [0.2, 0.25) is 0 Å². The molecule has 0 aliphatic rings. The van der Waals surface area contributed by atoms with Gasteiger partial charge in [0.2, 0.25) is 0 Å². The average molecular weight is 258 g/mol. The lowest BCUT2D eigenvalue weighted by Crippen LogP contribution is -2.30. The Morgan fingerprint density at radius 3 is 2.39 bits per heavy atom. The summed E-state index contributed by atoms with van der Waals surface area (Å²) in [6, 6.07) is 17.6. The quantitative estimate of drug-likeness (QED) is 0.585. The van der Waals surface area contributed by atoms with Gasteiger partial charge in [0.15, 0.2) is 0 Å². The lowest BCUT2D eigenvalue weighted by Gasteiger charge is -2.09. The largest absolute Gasteiger partial charge is 0.324 e. The zero-order chi connectivity index (χ0) is 13.0. The smallest absolute Gasteiger partial charge is 0.251 e. The van der Waals surface area contributed by atoms with Gasteiger partial charge < -0.3 is 11.1 Å². The molecule has 1 amide bonds. The Morgan fingerprint density at radius 1 is 1.06 bits per heavy atom. The number of rotatable bonds is 3. The van der Waals surface area contributed by atoms with Gasteiger partial charge in [-0.3, -0.25) is 4.79 Å². The molecule has 1 atom stereocenters. The highest BCUT2D eigenvalue weighted by Crippen LogP contribution is 2.22. The Morgan fingerprint density at radius 2 is 1.72 bits per heavy atom. The lowest BCUT2D eigenvalue weighted by molar-refractivity contribution is -0.115. The molecule has 0 saturated carbocycles. The van der Waals surface area contributed by atoms with Gasteiger partial charge in [0.1, 0.15) is 5.37 Å². The van der Waals surface area contributed by atoms with E-state index in [1.807, 2.05) is 54.6 Å². The van der Waals surface area contributed by atoms with Crippen molar-refractivity contribution in [3.8, 4) is 11.1 Å². The van der Waals surface area contributed by atoms with Crippen LogP contribution in [0.15, 0.2) is 54.6 Å². The van der Waals surface area contributed by atoms with Crippen LogP contribution >= 0.6 is 12.6 Å². The molecule has 0 radical (unpaired) electrons. The van der Waals surface area contributed by atoms with Crippen molar-refractivity contribution >= 4 is 24.2 Å². The molecule has 0 aliphatic carbocycles. The SMILES string of the molecule is NC(S)C(=O)Nc1cccc(-c2ccccc2)c1. The van der Waals surface area contributed by atoms with Gasteiger partial charge in [-0.2, -0.15) is 12.6 Å². The maximum absolute atomic E-state index is 11.4. The second kappa shape index (κ2) is 5.71. The van der Waals surface area contributed by atoms with Crippen LogP contribution in [0.5, 0.6) is 0 Å². The van der Waals surface area contributed by atoms with E-state index in [0.717, 1.165) is 11.1 Å². The molecule has 3 N–H and O–H groups in total. The van der Waals surface area contributed by atoms with Crippen molar-refractivity contribution in [2.75, 3.05) is 5.32 Å². The van der Waals surface area contributed by atoms with Crippen molar-refractivity contribution in [3.05, 3.63) is 54.6 Å². The number of anilines is 1. The van der Waals surface area contributed by atoms with E-state index in [1.54, 1.807) is 0 Å². The van der Waals surface area contributed by atoms with Crippen LogP contribution in [0.4, 0.5) is 5.69 Å². The molecule has 2 aromatic rings. The van der Waals surface area contributed by atoms with Gasteiger partial charge in [0.25, 0.3) is 5.91 Å². The molecular weight excluding hydrogens is 244 g/mol. The molecule has 0 aliphatic heterocycles. The Kier molecular flexibility index (Phi) is 4.02. The summed E-state index contributed by atoms with van der Waals surface area (Å²) < 4.78 is 0. The Hall–Kier alpha value is -1.78. The maximum atomic E-state index is 11.4. The topological polar surface area (TPSA) is 55.1 Å². The van der Waals surface area contributed by atoms with E-state index >= 15 is 0 Å². The predicted molar refractivity (Wildman–Crippen MR) is 77.5 cm³/mol. The zero-order valence-electron chi connectivity index (χ0n) is 9.71. The average Bonchev–Trinajstić information content (AvgIpc) is 2.40. The summed E-state index contributed by atoms with van der Waals surface area (Å²) in [5.74, 6) is -0.316. The second-order valence-electron chi connectivity index (χ2n) is 3.88. The molecule has 1 unspecified atom stereocenters. The molecule has 92 valence electrons. The van der Waals surface area contributed by atoms with Crippen LogP contribution in [0.1, 0.15) is 0 Å². The third-order valence-electron chi connectivity index (χ3n) is 2.51.